The van der Waals surface area contributed by atoms with Crippen LogP contribution < -0.4 is 0 Å². The Labute approximate surface area is 103 Å². The quantitative estimate of drug-likeness (QED) is 0.606. The van der Waals surface area contributed by atoms with Gasteiger partial charge in [0.15, 0.2) is 10.8 Å². The molecule has 0 saturated carbocycles. The molecule has 1 aliphatic rings. The largest absolute Gasteiger partial charge is 0.357 e. The summed E-state index contributed by atoms with van der Waals surface area (Å²) in [6.45, 7) is 4.47. The van der Waals surface area contributed by atoms with Gasteiger partial charge in [-0.15, -0.1) is 6.58 Å². The summed E-state index contributed by atoms with van der Waals surface area (Å²) in [6, 6.07) is 0. The van der Waals surface area contributed by atoms with E-state index in [4.69, 9.17) is 16.3 Å². The van der Waals surface area contributed by atoms with Crippen molar-refractivity contribution < 1.29 is 4.74 Å². The van der Waals surface area contributed by atoms with Gasteiger partial charge in [0, 0.05) is 12.3 Å². The summed E-state index contributed by atoms with van der Waals surface area (Å²) in [5.41, 5.74) is 1.32. The molecule has 1 fully saturated rings. The third-order valence-corrected chi connectivity index (χ3v) is 3.24. The Kier molecular flexibility index (Phi) is 2.57. The maximum absolute atomic E-state index is 5.95. The lowest BCUT2D eigenvalue weighted by Crippen LogP contribution is -2.06. The van der Waals surface area contributed by atoms with Gasteiger partial charge >= 0.3 is 0 Å². The fourth-order valence-corrected chi connectivity index (χ4v) is 2.20. The fourth-order valence-electron chi connectivity index (χ4n) is 2.02. The summed E-state index contributed by atoms with van der Waals surface area (Å²) in [5, 5.41) is 0.368. The van der Waals surface area contributed by atoms with E-state index in [1.54, 1.807) is 6.33 Å². The molecule has 6 heteroatoms. The number of hydrogen-bond donors (Lipinski definition) is 0. The lowest BCUT2D eigenvalue weighted by atomic mass is 10.1. The van der Waals surface area contributed by atoms with Crippen LogP contribution in [0.3, 0.4) is 0 Å². The van der Waals surface area contributed by atoms with Crippen molar-refractivity contribution in [1.29, 1.82) is 0 Å². The molecule has 3 heterocycles. The molecule has 0 aromatic carbocycles. The number of aromatic nitrogens is 4. The van der Waals surface area contributed by atoms with Crippen LogP contribution in [-0.4, -0.2) is 26.1 Å². The van der Waals surface area contributed by atoms with E-state index in [0.717, 1.165) is 6.42 Å². The molecule has 2 atom stereocenters. The molecule has 88 valence electrons. The topological polar surface area (TPSA) is 52.8 Å². The summed E-state index contributed by atoms with van der Waals surface area (Å²) >= 11 is 5.95. The minimum atomic E-state index is -0.0473. The smallest absolute Gasteiger partial charge is 0.166 e. The van der Waals surface area contributed by atoms with Gasteiger partial charge in [-0.05, 0) is 0 Å². The Morgan fingerprint density at radius 2 is 2.35 bits per heavy atom. The molecular formula is C11H11ClN4O. The first-order chi connectivity index (χ1) is 8.29. The minimum Gasteiger partial charge on any atom is -0.357 e. The van der Waals surface area contributed by atoms with Gasteiger partial charge in [-0.3, -0.25) is 4.57 Å². The van der Waals surface area contributed by atoms with E-state index in [-0.39, 0.29) is 6.23 Å². The van der Waals surface area contributed by atoms with Crippen LogP contribution in [0.1, 0.15) is 12.6 Å². The fraction of sp³-hybridized carbons (Fsp3) is 0.364. The first-order valence-electron chi connectivity index (χ1n) is 5.37. The van der Waals surface area contributed by atoms with E-state index in [9.17, 15) is 0 Å². The average molecular weight is 251 g/mol. The highest BCUT2D eigenvalue weighted by Crippen LogP contribution is 2.31. The van der Waals surface area contributed by atoms with E-state index < -0.39 is 0 Å². The van der Waals surface area contributed by atoms with Crippen LogP contribution in [0.4, 0.5) is 0 Å². The van der Waals surface area contributed by atoms with Crippen molar-refractivity contribution in [1.82, 2.24) is 19.5 Å². The number of hydrogen-bond acceptors (Lipinski definition) is 4. The van der Waals surface area contributed by atoms with Crippen LogP contribution in [0.2, 0.25) is 5.15 Å². The van der Waals surface area contributed by atoms with Crippen molar-refractivity contribution >= 4 is 22.8 Å². The van der Waals surface area contributed by atoms with E-state index in [1.165, 1.54) is 6.33 Å². The number of ether oxygens (including phenoxy) is 1. The molecule has 0 spiro atoms. The van der Waals surface area contributed by atoms with Crippen molar-refractivity contribution in [2.75, 3.05) is 6.61 Å². The van der Waals surface area contributed by atoms with Crippen LogP contribution >= 0.6 is 11.6 Å². The average Bonchev–Trinajstić information content (AvgIpc) is 2.94. The lowest BCUT2D eigenvalue weighted by molar-refractivity contribution is 0.0580. The van der Waals surface area contributed by atoms with Gasteiger partial charge in [-0.1, -0.05) is 17.7 Å². The summed E-state index contributed by atoms with van der Waals surface area (Å²) in [4.78, 5) is 12.3. The molecule has 2 aromatic heterocycles. The first kappa shape index (κ1) is 10.7. The van der Waals surface area contributed by atoms with Crippen molar-refractivity contribution in [2.45, 2.75) is 12.6 Å². The summed E-state index contributed by atoms with van der Waals surface area (Å²) in [5.74, 6) is 0.384. The third kappa shape index (κ3) is 1.71. The van der Waals surface area contributed by atoms with Crippen molar-refractivity contribution in [3.05, 3.63) is 30.5 Å². The second-order valence-corrected chi connectivity index (χ2v) is 4.37. The number of rotatable bonds is 2. The second kappa shape index (κ2) is 4.09. The second-order valence-electron chi connectivity index (χ2n) is 4.01. The highest BCUT2D eigenvalue weighted by Gasteiger charge is 2.26. The number of halogens is 1. The van der Waals surface area contributed by atoms with Gasteiger partial charge in [-0.2, -0.15) is 0 Å². The van der Waals surface area contributed by atoms with E-state index in [1.807, 2.05) is 10.6 Å². The molecule has 1 saturated heterocycles. The maximum atomic E-state index is 5.95. The number of imidazole rings is 1. The van der Waals surface area contributed by atoms with Gasteiger partial charge in [0.25, 0.3) is 0 Å². The van der Waals surface area contributed by atoms with Crippen LogP contribution in [0.5, 0.6) is 0 Å². The predicted octanol–water partition coefficient (Wildman–Crippen LogP) is 2.20. The Bertz CT molecular complexity index is 568. The molecule has 1 aliphatic heterocycles. The molecule has 3 rings (SSSR count). The molecule has 0 bridgehead atoms. The Morgan fingerprint density at radius 3 is 3.12 bits per heavy atom. The Hall–Kier alpha value is -1.46. The van der Waals surface area contributed by atoms with Crippen molar-refractivity contribution in [3.8, 4) is 0 Å². The highest BCUT2D eigenvalue weighted by atomic mass is 35.5. The summed E-state index contributed by atoms with van der Waals surface area (Å²) < 4.78 is 7.59. The van der Waals surface area contributed by atoms with Crippen LogP contribution in [0.15, 0.2) is 25.3 Å². The van der Waals surface area contributed by atoms with E-state index in [2.05, 4.69) is 21.5 Å². The summed E-state index contributed by atoms with van der Waals surface area (Å²) in [6.07, 6.45) is 5.89. The normalized spacial score (nSPS) is 24.3. The molecule has 0 amide bonds. The molecule has 0 unspecified atom stereocenters. The molecular weight excluding hydrogens is 240 g/mol. The molecule has 2 aromatic rings. The molecule has 0 aliphatic carbocycles. The SMILES string of the molecule is C=C[C@H]1CO[C@H](n2cnc3c(Cl)ncnc32)C1. The molecule has 17 heavy (non-hydrogen) atoms. The summed E-state index contributed by atoms with van der Waals surface area (Å²) in [7, 11) is 0. The van der Waals surface area contributed by atoms with Crippen LogP contribution in [0, 0.1) is 5.92 Å². The first-order valence-corrected chi connectivity index (χ1v) is 5.74. The van der Waals surface area contributed by atoms with Crippen molar-refractivity contribution in [3.63, 3.8) is 0 Å². The van der Waals surface area contributed by atoms with Crippen molar-refractivity contribution in [2.24, 2.45) is 5.92 Å². The predicted molar refractivity (Wildman–Crippen MR) is 63.6 cm³/mol. The van der Waals surface area contributed by atoms with E-state index >= 15 is 0 Å². The standard InChI is InChI=1S/C11H11ClN4O/c1-2-7-3-8(17-4-7)16-6-15-9-10(12)13-5-14-11(9)16/h2,5-8H,1,3-4H2/t7-,8+/m1/s1. The number of fused-ring (bicyclic) bond motifs is 1. The third-order valence-electron chi connectivity index (χ3n) is 2.96. The monoisotopic (exact) mass is 250 g/mol. The van der Waals surface area contributed by atoms with Crippen LogP contribution in [-0.2, 0) is 4.74 Å². The molecule has 0 N–H and O–H groups in total. The zero-order chi connectivity index (χ0) is 11.8. The maximum Gasteiger partial charge on any atom is 0.166 e. The van der Waals surface area contributed by atoms with Gasteiger partial charge < -0.3 is 4.74 Å². The number of nitrogens with zero attached hydrogens (tertiary/aromatic N) is 4. The highest BCUT2D eigenvalue weighted by molar-refractivity contribution is 6.33. The van der Waals surface area contributed by atoms with Gasteiger partial charge in [-0.25, -0.2) is 15.0 Å². The molecule has 5 nitrogen and oxygen atoms in total. The van der Waals surface area contributed by atoms with Crippen LogP contribution in [0.25, 0.3) is 11.2 Å². The molecule has 0 radical (unpaired) electrons. The van der Waals surface area contributed by atoms with Gasteiger partial charge in [0.05, 0.1) is 12.9 Å². The zero-order valence-corrected chi connectivity index (χ0v) is 9.84. The van der Waals surface area contributed by atoms with E-state index in [0.29, 0.717) is 28.8 Å². The Morgan fingerprint density at radius 1 is 1.47 bits per heavy atom. The lowest BCUT2D eigenvalue weighted by Gasteiger charge is -2.11. The van der Waals surface area contributed by atoms with Gasteiger partial charge in [0.1, 0.15) is 18.1 Å². The minimum absolute atomic E-state index is 0.0473. The van der Waals surface area contributed by atoms with Gasteiger partial charge in [0.2, 0.25) is 0 Å². The Balaban J connectivity index is 2.01. The zero-order valence-electron chi connectivity index (χ0n) is 9.08.